The predicted octanol–water partition coefficient (Wildman–Crippen LogP) is 2.24. The molecule has 0 aromatic carbocycles. The van der Waals surface area contributed by atoms with Crippen molar-refractivity contribution >= 4 is 21.4 Å². The Balaban J connectivity index is 0. The van der Waals surface area contributed by atoms with E-state index in [0.29, 0.717) is 0 Å². The number of rotatable bonds is 0. The molecule has 0 atom stereocenters. The van der Waals surface area contributed by atoms with E-state index in [-0.39, 0.29) is 0 Å². The average Bonchev–Trinajstić information content (AvgIpc) is 1.33. The standard InChI is InChI=1S/3CH3.In.N3/c;;;;1-3-2/h3*1H3;;/q;;;;-1. The molecule has 0 spiro atoms. The third-order valence-corrected chi connectivity index (χ3v) is 0. The molecule has 3 nitrogen and oxygen atoms in total. The molecule has 0 aromatic heterocycles. The van der Waals surface area contributed by atoms with Gasteiger partial charge in [-0.3, -0.25) is 4.91 Å². The summed E-state index contributed by atoms with van der Waals surface area (Å²) in [5.74, 6) is 0. The molecule has 0 bridgehead atoms. The van der Waals surface area contributed by atoms with Crippen molar-refractivity contribution in [3.63, 3.8) is 0 Å². The van der Waals surface area contributed by atoms with Crippen LogP contribution in [0.3, 0.4) is 0 Å². The zero-order chi connectivity index (χ0) is 6.28. The van der Waals surface area contributed by atoms with Gasteiger partial charge in [-0.05, 0) is 0 Å². The quantitative estimate of drug-likeness (QED) is 0.328. The van der Waals surface area contributed by atoms with Crippen LogP contribution in [-0.2, 0) is 0 Å². The molecule has 0 amide bonds. The Morgan fingerprint density at radius 2 is 1.14 bits per heavy atom. The Morgan fingerprint density at radius 3 is 1.14 bits per heavy atom. The van der Waals surface area contributed by atoms with Crippen molar-refractivity contribution in [2.45, 2.75) is 14.0 Å². The molecule has 0 aliphatic carbocycles. The maximum absolute atomic E-state index is 6.75. The van der Waals surface area contributed by atoms with Gasteiger partial charge in [-0.15, -0.1) is 0 Å². The molecular weight excluding hydrogens is 193 g/mol. The smallest absolute Gasteiger partial charge is 0.255 e. The summed E-state index contributed by atoms with van der Waals surface area (Å²) < 4.78 is 7.13. The summed E-state index contributed by atoms with van der Waals surface area (Å²) in [6, 6.07) is 0. The Hall–Kier alpha value is 0.180. The number of hydrogen-bond donors (Lipinski definition) is 0. The van der Waals surface area contributed by atoms with E-state index in [1.54, 1.807) is 0 Å². The summed E-state index contributed by atoms with van der Waals surface area (Å²) in [5.41, 5.74) is 13.5. The first-order valence-electron chi connectivity index (χ1n) is 2.13. The van der Waals surface area contributed by atoms with Gasteiger partial charge in [0.25, 0.3) is 0 Å². The minimum atomic E-state index is -0.637. The molecule has 0 radical (unpaired) electrons. The van der Waals surface area contributed by atoms with Crippen molar-refractivity contribution in [1.29, 1.82) is 0 Å². The van der Waals surface area contributed by atoms with Crippen LogP contribution in [0.5, 0.6) is 0 Å². The van der Waals surface area contributed by atoms with Gasteiger partial charge in [-0.2, -0.15) is 0 Å². The van der Waals surface area contributed by atoms with Gasteiger partial charge < -0.3 is 11.1 Å². The molecule has 0 heterocycles. The van der Waals surface area contributed by atoms with Crippen molar-refractivity contribution in [2.75, 3.05) is 0 Å². The molecule has 0 N–H and O–H groups in total. The fourth-order valence-corrected chi connectivity index (χ4v) is 0. The predicted molar refractivity (Wildman–Crippen MR) is 33.4 cm³/mol. The molecule has 0 fully saturated rings. The van der Waals surface area contributed by atoms with Gasteiger partial charge in [0.1, 0.15) is 0 Å². The molecule has 0 aliphatic heterocycles. The van der Waals surface area contributed by atoms with Crippen LogP contribution in [0.25, 0.3) is 16.0 Å². The van der Waals surface area contributed by atoms with Gasteiger partial charge in [0.05, 0.1) is 0 Å². The SMILES string of the molecule is [CH3][In]([CH3])[CH3].[N-]=[N+]=[N-]. The minimum absolute atomic E-state index is 0.637. The molecule has 0 saturated heterocycles. The van der Waals surface area contributed by atoms with Crippen LogP contribution in [0.2, 0.25) is 14.0 Å². The Bertz CT molecular complexity index is 52.4. The van der Waals surface area contributed by atoms with Crippen molar-refractivity contribution in [3.8, 4) is 0 Å². The Labute approximate surface area is 51.7 Å². The molecule has 0 rings (SSSR count). The minimum Gasteiger partial charge on any atom is -0.373 e. The zero-order valence-electron chi connectivity index (χ0n) is 4.92. The third-order valence-electron chi connectivity index (χ3n) is 0. The molecule has 0 aromatic rings. The monoisotopic (exact) mass is 202 g/mol. The van der Waals surface area contributed by atoms with Crippen LogP contribution in [0.4, 0.5) is 0 Å². The Kier molecular flexibility index (Phi) is 13.9. The normalized spacial score (nSPS) is 5.00. The molecular formula is C3H9InN3-. The second-order valence-corrected chi connectivity index (χ2v) is 11.7. The van der Waals surface area contributed by atoms with E-state index in [1.807, 2.05) is 0 Å². The van der Waals surface area contributed by atoms with Crippen LogP contribution < -0.4 is 0 Å². The van der Waals surface area contributed by atoms with Crippen LogP contribution in [0.15, 0.2) is 0 Å². The Morgan fingerprint density at radius 1 is 1.14 bits per heavy atom. The summed E-state index contributed by atoms with van der Waals surface area (Å²) in [6.07, 6.45) is 0. The molecule has 0 aliphatic rings. The van der Waals surface area contributed by atoms with Gasteiger partial charge in [0, 0.05) is 0 Å². The first-order chi connectivity index (χ1) is 3.15. The fourth-order valence-electron chi connectivity index (χ4n) is 0. The summed E-state index contributed by atoms with van der Waals surface area (Å²) in [7, 11) is 0. The number of hydrogen-bond acceptors (Lipinski definition) is 0. The first-order valence-corrected chi connectivity index (χ1v) is 12.0. The van der Waals surface area contributed by atoms with Crippen molar-refractivity contribution in [1.82, 2.24) is 0 Å². The van der Waals surface area contributed by atoms with Gasteiger partial charge in [-0.1, -0.05) is 0 Å². The van der Waals surface area contributed by atoms with E-state index in [9.17, 15) is 0 Å². The zero-order valence-corrected chi connectivity index (χ0v) is 8.21. The molecule has 4 heteroatoms. The van der Waals surface area contributed by atoms with E-state index in [4.69, 9.17) is 11.1 Å². The third kappa shape index (κ3) is 3330. The average molecular weight is 202 g/mol. The first kappa shape index (κ1) is 10.2. The van der Waals surface area contributed by atoms with E-state index < -0.39 is 21.4 Å². The second kappa shape index (κ2) is 9.49. The van der Waals surface area contributed by atoms with Crippen molar-refractivity contribution < 1.29 is 0 Å². The van der Waals surface area contributed by atoms with E-state index in [1.165, 1.54) is 4.91 Å². The summed E-state index contributed by atoms with van der Waals surface area (Å²) in [6.45, 7) is 0. The second-order valence-electron chi connectivity index (χ2n) is 1.82. The number of nitrogens with zero attached hydrogens (tertiary/aromatic N) is 3. The van der Waals surface area contributed by atoms with Gasteiger partial charge in [0.15, 0.2) is 0 Å². The van der Waals surface area contributed by atoms with Gasteiger partial charge >= 0.3 is 35.5 Å². The molecule has 7 heavy (non-hydrogen) atoms. The summed E-state index contributed by atoms with van der Waals surface area (Å²) >= 11 is -0.637. The van der Waals surface area contributed by atoms with Gasteiger partial charge in [0.2, 0.25) is 0 Å². The van der Waals surface area contributed by atoms with Crippen LogP contribution in [0, 0.1) is 0 Å². The van der Waals surface area contributed by atoms with E-state index in [0.717, 1.165) is 0 Å². The summed E-state index contributed by atoms with van der Waals surface area (Å²) in [4.78, 5) is 1.50. The van der Waals surface area contributed by atoms with Crippen LogP contribution in [-0.4, -0.2) is 21.4 Å². The largest absolute Gasteiger partial charge is 0.373 e. The van der Waals surface area contributed by atoms with Crippen LogP contribution >= 0.6 is 0 Å². The molecule has 0 unspecified atom stereocenters. The molecule has 40 valence electrons. The fraction of sp³-hybridized carbons (Fsp3) is 1.00. The maximum atomic E-state index is 6.75. The summed E-state index contributed by atoms with van der Waals surface area (Å²) in [5, 5.41) is 0. The van der Waals surface area contributed by atoms with Gasteiger partial charge in [-0.25, -0.2) is 0 Å². The van der Waals surface area contributed by atoms with E-state index >= 15 is 0 Å². The van der Waals surface area contributed by atoms with E-state index in [2.05, 4.69) is 14.0 Å². The van der Waals surface area contributed by atoms with Crippen LogP contribution in [0.1, 0.15) is 0 Å². The topological polar surface area (TPSA) is 58.7 Å². The maximum Gasteiger partial charge on any atom is -0.255 e. The van der Waals surface area contributed by atoms with Crippen molar-refractivity contribution in [3.05, 3.63) is 16.0 Å². The molecule has 0 saturated carbocycles. The van der Waals surface area contributed by atoms with Crippen molar-refractivity contribution in [2.24, 2.45) is 0 Å².